The molecule has 0 fully saturated rings. The number of rotatable bonds is 7. The van der Waals surface area contributed by atoms with Crippen LogP contribution in [0.5, 0.6) is 5.75 Å². The number of ether oxygens (including phenoxy) is 2. The summed E-state index contributed by atoms with van der Waals surface area (Å²) in [4.78, 5) is 24.2. The average molecular weight is 449 g/mol. The number of alkyl halides is 3. The summed E-state index contributed by atoms with van der Waals surface area (Å²) in [5.74, 6) is 0.0974. The number of carbonyl (C=O) groups excluding carboxylic acids is 1. The molecule has 3 aromatic rings. The van der Waals surface area contributed by atoms with Gasteiger partial charge >= 0.3 is 17.8 Å². The highest BCUT2D eigenvalue weighted by Gasteiger charge is 2.30. The van der Waals surface area contributed by atoms with E-state index in [0.717, 1.165) is 28.8 Å². The van der Waals surface area contributed by atoms with E-state index in [0.29, 0.717) is 5.75 Å². The molecule has 0 aliphatic heterocycles. The molecule has 0 bridgehead atoms. The Balaban J connectivity index is 1.78. The molecule has 0 aliphatic carbocycles. The molecule has 0 radical (unpaired) electrons. The van der Waals surface area contributed by atoms with Gasteiger partial charge in [-0.3, -0.25) is 0 Å². The quantitative estimate of drug-likeness (QED) is 0.515. The molecule has 0 aliphatic rings. The smallest absolute Gasteiger partial charge is 0.416 e. The molecule has 32 heavy (non-hydrogen) atoms. The zero-order valence-corrected chi connectivity index (χ0v) is 17.8. The number of hydrogen-bond acceptors (Lipinski definition) is 5. The van der Waals surface area contributed by atoms with E-state index in [9.17, 15) is 22.8 Å². The fraction of sp³-hybridized carbons (Fsp3) is 0.318. The Bertz CT molecular complexity index is 1140. The first-order valence-corrected chi connectivity index (χ1v) is 9.80. The maximum atomic E-state index is 12.7. The summed E-state index contributed by atoms with van der Waals surface area (Å²) >= 11 is 0. The van der Waals surface area contributed by atoms with Gasteiger partial charge < -0.3 is 9.47 Å². The van der Waals surface area contributed by atoms with E-state index >= 15 is 0 Å². The monoisotopic (exact) mass is 449 g/mol. The Morgan fingerprint density at radius 2 is 1.72 bits per heavy atom. The van der Waals surface area contributed by atoms with Gasteiger partial charge in [0.1, 0.15) is 12.1 Å². The molecule has 3 rings (SSSR count). The van der Waals surface area contributed by atoms with Gasteiger partial charge in [0.25, 0.3) is 0 Å². The van der Waals surface area contributed by atoms with E-state index in [-0.39, 0.29) is 25.4 Å². The Morgan fingerprint density at radius 1 is 1.09 bits per heavy atom. The van der Waals surface area contributed by atoms with Crippen molar-refractivity contribution >= 4 is 5.97 Å². The third kappa shape index (κ3) is 5.19. The molecule has 0 unspecified atom stereocenters. The minimum atomic E-state index is -4.45. The minimum Gasteiger partial charge on any atom is -0.481 e. The lowest BCUT2D eigenvalue weighted by molar-refractivity contribution is -0.145. The summed E-state index contributed by atoms with van der Waals surface area (Å²) < 4.78 is 51.0. The second-order valence-corrected chi connectivity index (χ2v) is 7.14. The number of nitrogens with zero attached hydrogens (tertiary/aromatic N) is 3. The van der Waals surface area contributed by atoms with Crippen LogP contribution in [0.15, 0.2) is 47.5 Å². The lowest BCUT2D eigenvalue weighted by Crippen LogP contribution is -2.24. The van der Waals surface area contributed by atoms with E-state index in [4.69, 9.17) is 9.47 Å². The maximum Gasteiger partial charge on any atom is 0.416 e. The van der Waals surface area contributed by atoms with Gasteiger partial charge in [-0.15, -0.1) is 0 Å². The number of aryl methyl sites for hydroxylation is 2. The van der Waals surface area contributed by atoms with E-state index in [1.165, 1.54) is 27.7 Å². The van der Waals surface area contributed by atoms with Gasteiger partial charge in [0.15, 0.2) is 6.61 Å². The molecule has 0 saturated carbocycles. The van der Waals surface area contributed by atoms with Crippen LogP contribution in [0, 0.1) is 13.8 Å². The van der Waals surface area contributed by atoms with Crippen LogP contribution in [0.1, 0.15) is 29.2 Å². The number of hydrogen-bond donors (Lipinski definition) is 0. The Labute approximate surface area is 182 Å². The minimum absolute atomic E-state index is 0.159. The Hall–Kier alpha value is -3.56. The van der Waals surface area contributed by atoms with Gasteiger partial charge in [0.05, 0.1) is 24.4 Å². The number of carbonyl (C=O) groups is 1. The van der Waals surface area contributed by atoms with Crippen molar-refractivity contribution in [2.45, 2.75) is 33.5 Å². The highest BCUT2D eigenvalue weighted by molar-refractivity contribution is 5.71. The molecule has 7 nitrogen and oxygen atoms in total. The van der Waals surface area contributed by atoms with Gasteiger partial charge in [-0.25, -0.2) is 18.8 Å². The molecule has 0 amide bonds. The van der Waals surface area contributed by atoms with E-state index < -0.39 is 23.4 Å². The molecule has 0 N–H and O–H groups in total. The molecule has 1 heterocycles. The Kier molecular flexibility index (Phi) is 6.71. The third-order valence-electron chi connectivity index (χ3n) is 4.70. The zero-order valence-electron chi connectivity index (χ0n) is 17.8. The molecule has 0 spiro atoms. The number of halogens is 3. The summed E-state index contributed by atoms with van der Waals surface area (Å²) in [5.41, 5.74) is 1.34. The van der Waals surface area contributed by atoms with Gasteiger partial charge in [-0.05, 0) is 61.7 Å². The van der Waals surface area contributed by atoms with E-state index in [2.05, 4.69) is 5.10 Å². The van der Waals surface area contributed by atoms with Gasteiger partial charge in [-0.2, -0.15) is 18.3 Å². The first-order valence-electron chi connectivity index (χ1n) is 9.80. The van der Waals surface area contributed by atoms with Crippen molar-refractivity contribution in [1.82, 2.24) is 14.3 Å². The van der Waals surface area contributed by atoms with Crippen LogP contribution in [0.2, 0.25) is 0 Å². The first kappa shape index (κ1) is 23.1. The van der Waals surface area contributed by atoms with Crippen molar-refractivity contribution in [1.29, 1.82) is 0 Å². The van der Waals surface area contributed by atoms with Crippen LogP contribution in [0.25, 0.3) is 5.69 Å². The highest BCUT2D eigenvalue weighted by atomic mass is 19.4. The summed E-state index contributed by atoms with van der Waals surface area (Å²) in [6, 6.07) is 7.91. The topological polar surface area (TPSA) is 75.3 Å². The maximum absolute atomic E-state index is 12.7. The summed E-state index contributed by atoms with van der Waals surface area (Å²) in [7, 11) is 0. The molecular formula is C22H22F3N3O4. The van der Waals surface area contributed by atoms with E-state index in [1.807, 2.05) is 26.0 Å². The van der Waals surface area contributed by atoms with Crippen molar-refractivity contribution < 1.29 is 27.4 Å². The number of benzene rings is 2. The van der Waals surface area contributed by atoms with Crippen molar-refractivity contribution in [3.8, 4) is 11.4 Å². The second kappa shape index (κ2) is 9.29. The van der Waals surface area contributed by atoms with Gasteiger partial charge in [-0.1, -0.05) is 12.1 Å². The van der Waals surface area contributed by atoms with Crippen LogP contribution < -0.4 is 10.4 Å². The normalized spacial score (nSPS) is 11.4. The molecule has 10 heteroatoms. The van der Waals surface area contributed by atoms with Crippen LogP contribution in [0.3, 0.4) is 0 Å². The number of aromatic nitrogens is 3. The molecular weight excluding hydrogens is 427 g/mol. The molecule has 0 atom stereocenters. The lowest BCUT2D eigenvalue weighted by atomic mass is 10.1. The van der Waals surface area contributed by atoms with Crippen molar-refractivity contribution in [2.24, 2.45) is 0 Å². The fourth-order valence-corrected chi connectivity index (χ4v) is 3.30. The van der Waals surface area contributed by atoms with Gasteiger partial charge in [0, 0.05) is 0 Å². The zero-order chi connectivity index (χ0) is 23.5. The van der Waals surface area contributed by atoms with Gasteiger partial charge in [0.2, 0.25) is 0 Å². The van der Waals surface area contributed by atoms with Crippen LogP contribution in [0.4, 0.5) is 13.2 Å². The molecule has 1 aromatic heterocycles. The largest absolute Gasteiger partial charge is 0.481 e. The average Bonchev–Trinajstić information content (AvgIpc) is 3.07. The van der Waals surface area contributed by atoms with Crippen molar-refractivity contribution in [2.75, 3.05) is 13.2 Å². The lowest BCUT2D eigenvalue weighted by Gasteiger charge is -2.13. The SMILES string of the molecule is CCOC(=O)COc1c(C)cc(Cn2ncn(-c3ccc(C(F)(F)F)cc3)c2=O)cc1C. The Morgan fingerprint density at radius 3 is 2.28 bits per heavy atom. The highest BCUT2D eigenvalue weighted by Crippen LogP contribution is 2.29. The molecule has 0 saturated heterocycles. The fourth-order valence-electron chi connectivity index (χ4n) is 3.30. The van der Waals surface area contributed by atoms with Crippen LogP contribution >= 0.6 is 0 Å². The third-order valence-corrected chi connectivity index (χ3v) is 4.70. The van der Waals surface area contributed by atoms with Crippen molar-refractivity contribution in [3.05, 3.63) is 75.5 Å². The van der Waals surface area contributed by atoms with Crippen LogP contribution in [-0.2, 0) is 22.3 Å². The second-order valence-electron chi connectivity index (χ2n) is 7.14. The van der Waals surface area contributed by atoms with Crippen molar-refractivity contribution in [3.63, 3.8) is 0 Å². The predicted octanol–water partition coefficient (Wildman–Crippen LogP) is 3.66. The summed E-state index contributed by atoms with van der Waals surface area (Å²) in [6.07, 6.45) is -3.18. The standard InChI is InChI=1S/C22H22F3N3O4/c1-4-31-19(29)12-32-20-14(2)9-16(10-15(20)3)11-28-21(30)27(13-26-28)18-7-5-17(6-8-18)22(23,24)25/h5-10,13H,4,11-12H2,1-3H3. The molecule has 170 valence electrons. The van der Waals surface area contributed by atoms with Crippen LogP contribution in [-0.4, -0.2) is 33.5 Å². The first-order chi connectivity index (χ1) is 15.1. The summed E-state index contributed by atoms with van der Waals surface area (Å²) in [6.45, 7) is 5.58. The summed E-state index contributed by atoms with van der Waals surface area (Å²) in [5, 5.41) is 4.07. The molecule has 2 aromatic carbocycles. The predicted molar refractivity (Wildman–Crippen MR) is 110 cm³/mol. The number of esters is 1. The van der Waals surface area contributed by atoms with E-state index in [1.54, 1.807) is 6.92 Å².